The lowest BCUT2D eigenvalue weighted by molar-refractivity contribution is -0.912. The molecule has 148 valence electrons. The first-order valence-electron chi connectivity index (χ1n) is 9.57. The quantitative estimate of drug-likeness (QED) is 0.434. The van der Waals surface area contributed by atoms with Crippen molar-refractivity contribution in [1.29, 1.82) is 0 Å². The average molecular weight is 390 g/mol. The van der Waals surface area contributed by atoms with Crippen molar-refractivity contribution in [2.24, 2.45) is 0 Å². The van der Waals surface area contributed by atoms with Crippen LogP contribution in [-0.2, 0) is 19.8 Å². The molecule has 29 heavy (non-hydrogen) atoms. The van der Waals surface area contributed by atoms with Gasteiger partial charge in [-0.05, 0) is 35.4 Å². The summed E-state index contributed by atoms with van der Waals surface area (Å²) in [6.45, 7) is 2.38. The van der Waals surface area contributed by atoms with E-state index in [4.69, 9.17) is 9.47 Å². The van der Waals surface area contributed by atoms with Crippen LogP contribution in [0, 0.1) is 0 Å². The molecule has 0 spiro atoms. The number of hydrogen-bond acceptors (Lipinski definition) is 2. The molecule has 0 radical (unpaired) electrons. The third kappa shape index (κ3) is 4.85. The van der Waals surface area contributed by atoms with Crippen LogP contribution in [0.2, 0.25) is 0 Å². The normalized spacial score (nSPS) is 10.8. The van der Waals surface area contributed by atoms with Crippen LogP contribution in [0.5, 0.6) is 11.5 Å². The van der Waals surface area contributed by atoms with Crippen LogP contribution < -0.4 is 18.6 Å². The van der Waals surface area contributed by atoms with Gasteiger partial charge in [0, 0.05) is 0 Å². The van der Waals surface area contributed by atoms with Gasteiger partial charge in [0.2, 0.25) is 19.3 Å². The van der Waals surface area contributed by atoms with Crippen molar-refractivity contribution in [2.45, 2.75) is 19.8 Å². The zero-order valence-corrected chi connectivity index (χ0v) is 16.8. The molecule has 0 aliphatic rings. The van der Waals surface area contributed by atoms with E-state index in [1.54, 1.807) is 14.2 Å². The van der Waals surface area contributed by atoms with Gasteiger partial charge in [-0.2, -0.15) is 9.13 Å². The van der Waals surface area contributed by atoms with Gasteiger partial charge in [0.15, 0.2) is 0 Å². The molecule has 6 heteroatoms. The van der Waals surface area contributed by atoms with E-state index < -0.39 is 0 Å². The zero-order chi connectivity index (χ0) is 20.1. The Morgan fingerprint density at radius 1 is 0.724 bits per heavy atom. The molecule has 0 N–H and O–H groups in total. The number of methoxy groups -OCH3 is 2. The molecule has 0 amide bonds. The first-order valence-corrected chi connectivity index (χ1v) is 9.57. The standard InChI is InChI=1S/C23H26N4O2/c1-28-22-7-3-5-20(13-22)15-24-9-11-26(17-24)19-27-12-10-25(18-27)16-21-6-4-8-23(14-21)29-2/h3-14,17-18H,15-16,19H2,1-2H3/q+2. The highest BCUT2D eigenvalue weighted by Crippen LogP contribution is 2.14. The van der Waals surface area contributed by atoms with Crippen LogP contribution in [0.3, 0.4) is 0 Å². The van der Waals surface area contributed by atoms with Gasteiger partial charge in [0.1, 0.15) is 49.4 Å². The van der Waals surface area contributed by atoms with Gasteiger partial charge in [-0.3, -0.25) is 0 Å². The van der Waals surface area contributed by atoms with E-state index in [1.165, 1.54) is 11.1 Å². The second-order valence-electron chi connectivity index (χ2n) is 7.04. The Morgan fingerprint density at radius 2 is 1.21 bits per heavy atom. The summed E-state index contributed by atoms with van der Waals surface area (Å²) in [7, 11) is 3.39. The van der Waals surface area contributed by atoms with Gasteiger partial charge < -0.3 is 9.47 Å². The smallest absolute Gasteiger partial charge is 0.247 e. The Balaban J connectivity index is 1.39. The Hall–Kier alpha value is -3.54. The van der Waals surface area contributed by atoms with Crippen molar-refractivity contribution < 1.29 is 18.6 Å². The van der Waals surface area contributed by atoms with Crippen molar-refractivity contribution in [3.8, 4) is 11.5 Å². The van der Waals surface area contributed by atoms with Crippen molar-refractivity contribution in [3.63, 3.8) is 0 Å². The van der Waals surface area contributed by atoms with E-state index >= 15 is 0 Å². The maximum absolute atomic E-state index is 5.31. The number of imidazole rings is 2. The fourth-order valence-electron chi connectivity index (χ4n) is 3.38. The molecule has 4 aromatic rings. The fourth-order valence-corrected chi connectivity index (χ4v) is 3.38. The number of hydrogen-bond donors (Lipinski definition) is 0. The molecule has 6 nitrogen and oxygen atoms in total. The Bertz CT molecular complexity index is 998. The third-order valence-electron chi connectivity index (χ3n) is 4.82. The van der Waals surface area contributed by atoms with Gasteiger partial charge in [0.05, 0.1) is 14.2 Å². The monoisotopic (exact) mass is 390 g/mol. The largest absolute Gasteiger partial charge is 0.497 e. The first kappa shape index (κ1) is 18.8. The topological polar surface area (TPSA) is 36.1 Å². The lowest BCUT2D eigenvalue weighted by atomic mass is 10.2. The number of aromatic nitrogens is 4. The highest BCUT2D eigenvalue weighted by molar-refractivity contribution is 5.29. The van der Waals surface area contributed by atoms with E-state index in [1.807, 2.05) is 24.3 Å². The van der Waals surface area contributed by atoms with Crippen molar-refractivity contribution in [2.75, 3.05) is 14.2 Å². The van der Waals surface area contributed by atoms with Crippen LogP contribution in [0.1, 0.15) is 11.1 Å². The van der Waals surface area contributed by atoms with E-state index in [2.05, 4.69) is 80.0 Å². The molecule has 0 unspecified atom stereocenters. The van der Waals surface area contributed by atoms with Crippen LogP contribution in [0.25, 0.3) is 0 Å². The molecule has 0 aliphatic carbocycles. The lowest BCUT2D eigenvalue weighted by Gasteiger charge is -2.02. The highest BCUT2D eigenvalue weighted by atomic mass is 16.5. The van der Waals surface area contributed by atoms with E-state index in [0.717, 1.165) is 31.3 Å². The van der Waals surface area contributed by atoms with Gasteiger partial charge in [-0.15, -0.1) is 0 Å². The number of rotatable bonds is 8. The third-order valence-corrected chi connectivity index (χ3v) is 4.82. The highest BCUT2D eigenvalue weighted by Gasteiger charge is 2.10. The SMILES string of the molecule is COc1cccc(Cn2cc[n+](C[n+]3ccn(Cc4cccc(OC)c4)c3)c2)c1. The number of nitrogens with zero attached hydrogens (tertiary/aromatic N) is 4. The van der Waals surface area contributed by atoms with E-state index in [0.29, 0.717) is 0 Å². The van der Waals surface area contributed by atoms with Crippen LogP contribution in [-0.4, -0.2) is 23.4 Å². The predicted octanol–water partition coefficient (Wildman–Crippen LogP) is 2.48. The van der Waals surface area contributed by atoms with E-state index in [-0.39, 0.29) is 0 Å². The maximum atomic E-state index is 5.31. The average Bonchev–Trinajstić information content (AvgIpc) is 3.38. The van der Waals surface area contributed by atoms with Crippen molar-refractivity contribution in [1.82, 2.24) is 9.13 Å². The van der Waals surface area contributed by atoms with Crippen LogP contribution in [0.4, 0.5) is 0 Å². The van der Waals surface area contributed by atoms with E-state index in [9.17, 15) is 0 Å². The summed E-state index contributed by atoms with van der Waals surface area (Å²) in [5.41, 5.74) is 2.42. The molecule has 0 fully saturated rings. The maximum Gasteiger partial charge on any atom is 0.247 e. The summed E-state index contributed by atoms with van der Waals surface area (Å²) >= 11 is 0. The molecule has 0 saturated carbocycles. The fraction of sp³-hybridized carbons (Fsp3) is 0.217. The second-order valence-corrected chi connectivity index (χ2v) is 7.04. The lowest BCUT2D eigenvalue weighted by Crippen LogP contribution is -2.49. The minimum atomic E-state index is 0.760. The molecular weight excluding hydrogens is 364 g/mol. The molecule has 2 heterocycles. The van der Waals surface area contributed by atoms with Crippen molar-refractivity contribution >= 4 is 0 Å². The molecule has 0 saturated heterocycles. The molecule has 2 aromatic carbocycles. The van der Waals surface area contributed by atoms with Crippen LogP contribution >= 0.6 is 0 Å². The minimum Gasteiger partial charge on any atom is -0.497 e. The summed E-state index contributed by atoms with van der Waals surface area (Å²) in [5.74, 6) is 1.77. The first-order chi connectivity index (χ1) is 14.2. The number of benzene rings is 2. The summed E-state index contributed by atoms with van der Waals surface area (Å²) in [6, 6.07) is 16.3. The van der Waals surface area contributed by atoms with Gasteiger partial charge >= 0.3 is 0 Å². The number of ether oxygens (including phenoxy) is 2. The summed E-state index contributed by atoms with van der Waals surface area (Å²) < 4.78 is 19.3. The summed E-state index contributed by atoms with van der Waals surface area (Å²) in [6.07, 6.45) is 12.6. The Morgan fingerprint density at radius 3 is 1.66 bits per heavy atom. The molecule has 0 aliphatic heterocycles. The molecule has 0 bridgehead atoms. The second kappa shape index (κ2) is 8.65. The predicted molar refractivity (Wildman–Crippen MR) is 109 cm³/mol. The summed E-state index contributed by atoms with van der Waals surface area (Å²) in [5, 5.41) is 0. The van der Waals surface area contributed by atoms with Gasteiger partial charge in [-0.1, -0.05) is 24.3 Å². The molecule has 0 atom stereocenters. The van der Waals surface area contributed by atoms with Crippen LogP contribution in [0.15, 0.2) is 86.0 Å². The minimum absolute atomic E-state index is 0.760. The Labute approximate surface area is 170 Å². The zero-order valence-electron chi connectivity index (χ0n) is 16.8. The van der Waals surface area contributed by atoms with Gasteiger partial charge in [-0.25, -0.2) is 9.13 Å². The molecular formula is C23H26N4O2+2. The molecule has 2 aromatic heterocycles. The molecule has 4 rings (SSSR count). The Kier molecular flexibility index (Phi) is 5.61. The van der Waals surface area contributed by atoms with Crippen molar-refractivity contribution in [3.05, 3.63) is 97.1 Å². The summed E-state index contributed by atoms with van der Waals surface area (Å²) in [4.78, 5) is 0. The van der Waals surface area contributed by atoms with Gasteiger partial charge in [0.25, 0.3) is 0 Å².